The molecule has 0 saturated heterocycles. The molecule has 4 atom stereocenters. The number of carbonyl (C=O) groups excluding carboxylic acids is 1. The molecule has 0 amide bonds. The summed E-state index contributed by atoms with van der Waals surface area (Å²) in [4.78, 5) is 17.6. The van der Waals surface area contributed by atoms with Gasteiger partial charge in [0.25, 0.3) is 0 Å². The molecule has 1 aromatic rings. The first-order valence-electron chi connectivity index (χ1n) is 12.4. The monoisotopic (exact) mass is 588 g/mol. The summed E-state index contributed by atoms with van der Waals surface area (Å²) in [5, 5.41) is 20.1. The van der Waals surface area contributed by atoms with Crippen LogP contribution in [0.1, 0.15) is 67.0 Å². The number of aromatic nitrogens is 1. The zero-order chi connectivity index (χ0) is 24.9. The van der Waals surface area contributed by atoms with Crippen molar-refractivity contribution in [3.05, 3.63) is 44.8 Å². The van der Waals surface area contributed by atoms with Crippen LogP contribution >= 0.6 is 32.0 Å². The molecule has 0 N–H and O–H groups in total. The summed E-state index contributed by atoms with van der Waals surface area (Å²) in [7, 11) is 11.0. The van der Waals surface area contributed by atoms with Crippen molar-refractivity contribution in [2.45, 2.75) is 93.5 Å². The summed E-state index contributed by atoms with van der Waals surface area (Å²) in [5.41, 5.74) is 1.91. The molecule has 2 aliphatic carbocycles. The third-order valence-corrected chi connectivity index (χ3v) is 7.63. The fourth-order valence-electron chi connectivity index (χ4n) is 4.97. The Bertz CT molecular complexity index is 748. The minimum absolute atomic E-state index is 0. The number of halogens is 2. The number of nitrogens with zero attached hydrogens (tertiary/aromatic N) is 5. The number of thioether (sulfide) groups is 1. The molecule has 2 bridgehead atoms. The number of hydrogen-bond donors (Lipinski definition) is 0. The average molecular weight is 590 g/mol. The molecule has 0 radical (unpaired) electrons. The van der Waals surface area contributed by atoms with Crippen LogP contribution < -0.4 is 0 Å². The molecule has 3 aliphatic rings. The Kier molecular flexibility index (Phi) is 14.1. The third-order valence-electron chi connectivity index (χ3n) is 6.68. The second-order valence-corrected chi connectivity index (χ2v) is 12.0. The van der Waals surface area contributed by atoms with Gasteiger partial charge in [0.2, 0.25) is 0 Å². The van der Waals surface area contributed by atoms with Crippen molar-refractivity contribution in [2.24, 2.45) is 0 Å². The molecule has 4 rings (SSSR count). The van der Waals surface area contributed by atoms with Crippen LogP contribution in [-0.4, -0.2) is 61.1 Å². The number of esters is 1. The topological polar surface area (TPSA) is 95.6 Å². The summed E-state index contributed by atoms with van der Waals surface area (Å²) >= 11 is 1.50. The van der Waals surface area contributed by atoms with Gasteiger partial charge in [-0.15, -0.1) is 24.9 Å². The quantitative estimate of drug-likeness (QED) is 0.206. The Morgan fingerprint density at radius 3 is 1.80 bits per heavy atom. The van der Waals surface area contributed by atoms with E-state index in [1.807, 2.05) is 0 Å². The van der Waals surface area contributed by atoms with Crippen LogP contribution in [0.2, 0.25) is 0 Å². The van der Waals surface area contributed by atoms with Crippen LogP contribution in [0.15, 0.2) is 17.0 Å². The van der Waals surface area contributed by atoms with Gasteiger partial charge in [-0.1, -0.05) is 51.4 Å². The molecule has 1 aromatic heterocycles. The van der Waals surface area contributed by atoms with E-state index in [1.165, 1.54) is 44.6 Å². The largest absolute Gasteiger partial charge is 0 e. The molecular weight excluding hydrogens is 548 g/mol. The summed E-state index contributed by atoms with van der Waals surface area (Å²) < 4.78 is 4.81. The molecule has 2 saturated carbocycles. The van der Waals surface area contributed by atoms with Gasteiger partial charge >= 0.3 is 39.3 Å². The minimum Gasteiger partial charge on any atom is 0 e. The van der Waals surface area contributed by atoms with E-state index >= 15 is 0 Å². The van der Waals surface area contributed by atoms with Crippen molar-refractivity contribution in [1.29, 1.82) is 0 Å². The standard InChI is InChI=1S/C24H35N5O2S.2ClH.Mn.3H2/c1-31-24(30)16-32-19-12-17-14-27-22-8-4-2-6-20(22)25-10-11-26-21-7-3-5-9-23(21)28-15-18(13-19)29-17;;;;;;/h12-13,20-23H,2-11,14-16H2,1H3;2*1H;;3*1H/q-4;;;+2;;;/p-2/t20-,21?,22-,23?;;;;;;/m1....../s1. The molecule has 2 fully saturated rings. The Hall–Kier alpha value is -0.0905. The minimum atomic E-state index is -0.221. The van der Waals surface area contributed by atoms with E-state index in [9.17, 15) is 4.79 Å². The van der Waals surface area contributed by atoms with Gasteiger partial charge in [-0.05, 0) is 12.1 Å². The van der Waals surface area contributed by atoms with Crippen molar-refractivity contribution in [2.75, 3.05) is 26.0 Å². The smallest absolute Gasteiger partial charge is 0 e. The Labute approximate surface area is 233 Å². The SMILES string of the molecule is COC(=O)CSc1cc2nc(c1)C[N-][C@@H]1CCCC[C@H]1[N-]CC[N-]C1CCCCC1[N-]C2.[Cl][Mn][Cl].[HH].[HH].[HH]. The van der Waals surface area contributed by atoms with Crippen LogP contribution in [0.3, 0.4) is 0 Å². The fourth-order valence-corrected chi connectivity index (χ4v) is 5.81. The predicted octanol–water partition coefficient (Wildman–Crippen LogP) is 7.59. The summed E-state index contributed by atoms with van der Waals surface area (Å²) in [6.07, 6.45) is 9.39. The number of carbonyl (C=O) groups is 1. The second-order valence-electron chi connectivity index (χ2n) is 9.04. The average Bonchev–Trinajstić information content (AvgIpc) is 2.88. The first-order valence-corrected chi connectivity index (χ1v) is 16.6. The molecular formula is C24H41Cl2MnN5O2S-4. The van der Waals surface area contributed by atoms with Gasteiger partial charge < -0.3 is 26.0 Å². The van der Waals surface area contributed by atoms with Crippen molar-refractivity contribution in [3.63, 3.8) is 0 Å². The molecule has 0 aromatic carbocycles. The van der Waals surface area contributed by atoms with Gasteiger partial charge in [0.05, 0.1) is 12.9 Å². The summed E-state index contributed by atoms with van der Waals surface area (Å²) in [6.45, 7) is 2.79. The van der Waals surface area contributed by atoms with E-state index in [4.69, 9.17) is 51.2 Å². The van der Waals surface area contributed by atoms with E-state index in [1.54, 1.807) is 0 Å². The first-order chi connectivity index (χ1) is 17.1. The maximum Gasteiger partial charge on any atom is 0 e. The summed E-state index contributed by atoms with van der Waals surface area (Å²) in [5.74, 6) is 0.0712. The number of ether oxygens (including phenoxy) is 1. The zero-order valence-electron chi connectivity index (χ0n) is 20.3. The van der Waals surface area contributed by atoms with Crippen molar-refractivity contribution < 1.29 is 26.9 Å². The van der Waals surface area contributed by atoms with Crippen molar-refractivity contribution in [1.82, 2.24) is 4.98 Å². The van der Waals surface area contributed by atoms with Gasteiger partial charge in [-0.3, -0.25) is 9.78 Å². The molecule has 35 heavy (non-hydrogen) atoms. The summed E-state index contributed by atoms with van der Waals surface area (Å²) in [6, 6.07) is 5.30. The van der Waals surface area contributed by atoms with Gasteiger partial charge in [-0.2, -0.15) is 37.3 Å². The first kappa shape index (κ1) is 29.5. The number of pyridine rings is 1. The fraction of sp³-hybridized carbons (Fsp3) is 0.750. The van der Waals surface area contributed by atoms with Gasteiger partial charge in [0.15, 0.2) is 0 Å². The van der Waals surface area contributed by atoms with Gasteiger partial charge in [0, 0.05) is 20.6 Å². The van der Waals surface area contributed by atoms with Crippen molar-refractivity contribution >= 4 is 37.9 Å². The number of methoxy groups -OCH3 is 1. The van der Waals surface area contributed by atoms with Gasteiger partial charge in [0.1, 0.15) is 0 Å². The molecule has 2 heterocycles. The maximum atomic E-state index is 11.6. The van der Waals surface area contributed by atoms with E-state index in [0.717, 1.165) is 55.1 Å². The van der Waals surface area contributed by atoms with Gasteiger partial charge in [-0.25, -0.2) is 0 Å². The Morgan fingerprint density at radius 1 is 0.943 bits per heavy atom. The van der Waals surface area contributed by atoms with Crippen molar-refractivity contribution in [3.8, 4) is 0 Å². The van der Waals surface area contributed by atoms with Crippen LogP contribution in [0.5, 0.6) is 0 Å². The third kappa shape index (κ3) is 10.3. The Balaban J connectivity index is 0.00000218. The van der Waals surface area contributed by atoms with E-state index in [-0.39, 0.29) is 35.5 Å². The van der Waals surface area contributed by atoms with E-state index in [2.05, 4.69) is 12.1 Å². The van der Waals surface area contributed by atoms with Crippen LogP contribution in [0.4, 0.5) is 0 Å². The Morgan fingerprint density at radius 2 is 1.37 bits per heavy atom. The van der Waals surface area contributed by atoms with Crippen LogP contribution in [0.25, 0.3) is 21.3 Å². The molecule has 2 unspecified atom stereocenters. The van der Waals surface area contributed by atoms with E-state index < -0.39 is 0 Å². The maximum absolute atomic E-state index is 11.6. The molecule has 1 aliphatic heterocycles. The number of hydrogen-bond acceptors (Lipinski definition) is 4. The second kappa shape index (κ2) is 16.7. The normalized spacial score (nSPS) is 27.6. The molecule has 7 nitrogen and oxygen atoms in total. The molecule has 11 heteroatoms. The zero-order valence-corrected chi connectivity index (χ0v) is 23.8. The molecule has 205 valence electrons. The number of fused-ring (bicyclic) bond motifs is 4. The number of rotatable bonds is 3. The van der Waals surface area contributed by atoms with Crippen LogP contribution in [-0.2, 0) is 35.8 Å². The molecule has 0 spiro atoms. The van der Waals surface area contributed by atoms with Crippen LogP contribution in [0, 0.1) is 0 Å². The van der Waals surface area contributed by atoms with E-state index in [0.29, 0.717) is 30.9 Å². The predicted molar refractivity (Wildman–Crippen MR) is 148 cm³/mol.